The van der Waals surface area contributed by atoms with Gasteiger partial charge in [0.05, 0.1) is 17.1 Å². The van der Waals surface area contributed by atoms with Crippen molar-refractivity contribution in [3.05, 3.63) is 76.2 Å². The minimum Gasteiger partial charge on any atom is -0.435 e. The highest BCUT2D eigenvalue weighted by Crippen LogP contribution is 2.35. The van der Waals surface area contributed by atoms with E-state index in [1.807, 2.05) is 0 Å². The summed E-state index contributed by atoms with van der Waals surface area (Å²) in [7, 11) is 0. The molecule has 166 valence electrons. The molecule has 11 heteroatoms. The number of hydrogen-bond acceptors (Lipinski definition) is 5. The van der Waals surface area contributed by atoms with Crippen molar-refractivity contribution in [3.8, 4) is 34.1 Å². The summed E-state index contributed by atoms with van der Waals surface area (Å²) in [5.74, 6) is -0.277. The average molecular weight is 488 g/mol. The zero-order valence-electron chi connectivity index (χ0n) is 16.6. The molecule has 1 N–H and O–H groups in total. The first-order chi connectivity index (χ1) is 15.9. The molecule has 1 amide bonds. The zero-order chi connectivity index (χ0) is 23.1. The molecule has 5 rings (SSSR count). The van der Waals surface area contributed by atoms with Crippen molar-refractivity contribution < 1.29 is 18.3 Å². The van der Waals surface area contributed by atoms with Crippen LogP contribution in [0.25, 0.3) is 28.3 Å². The van der Waals surface area contributed by atoms with Crippen LogP contribution in [0.4, 0.5) is 8.78 Å². The van der Waals surface area contributed by atoms with Gasteiger partial charge in [-0.2, -0.15) is 13.9 Å². The van der Waals surface area contributed by atoms with E-state index in [1.165, 1.54) is 24.5 Å². The number of aromatic nitrogens is 4. The highest BCUT2D eigenvalue weighted by molar-refractivity contribution is 6.31. The molecule has 0 atom stereocenters. The van der Waals surface area contributed by atoms with Gasteiger partial charge in [0.2, 0.25) is 0 Å². The van der Waals surface area contributed by atoms with Gasteiger partial charge in [0.25, 0.3) is 5.91 Å². The fourth-order valence-corrected chi connectivity index (χ4v) is 4.07. The summed E-state index contributed by atoms with van der Waals surface area (Å²) in [6.07, 6.45) is 3.06. The number of alkyl halides is 2. The molecule has 3 aromatic heterocycles. The largest absolute Gasteiger partial charge is 0.435 e. The van der Waals surface area contributed by atoms with Crippen LogP contribution in [-0.4, -0.2) is 32.3 Å². The number of fused-ring (bicyclic) bond motifs is 1. The van der Waals surface area contributed by atoms with E-state index >= 15 is 0 Å². The lowest BCUT2D eigenvalue weighted by Crippen LogP contribution is -2.12. The molecule has 33 heavy (non-hydrogen) atoms. The third-order valence-corrected chi connectivity index (χ3v) is 5.45. The number of hydrogen-bond donors (Lipinski definition) is 1. The molecule has 0 fully saturated rings. The number of benzene rings is 1. The second-order valence-electron chi connectivity index (χ2n) is 7.09. The first-order valence-electron chi connectivity index (χ1n) is 9.63. The first kappa shape index (κ1) is 21.3. The number of carbonyl (C=O) groups excluding carboxylic acids is 1. The fourth-order valence-electron chi connectivity index (χ4n) is 3.67. The quantitative estimate of drug-likeness (QED) is 0.393. The number of nitrogens with one attached hydrogen (secondary N) is 1. The first-order valence-corrected chi connectivity index (χ1v) is 10.4. The number of halogens is 4. The lowest BCUT2D eigenvalue weighted by molar-refractivity contribution is -0.0498. The van der Waals surface area contributed by atoms with Crippen LogP contribution in [0.5, 0.6) is 5.75 Å². The van der Waals surface area contributed by atoms with Crippen LogP contribution >= 0.6 is 23.2 Å². The monoisotopic (exact) mass is 487 g/mol. The van der Waals surface area contributed by atoms with Gasteiger partial charge in [-0.25, -0.2) is 9.67 Å². The van der Waals surface area contributed by atoms with Crippen LogP contribution in [0, 0.1) is 0 Å². The van der Waals surface area contributed by atoms with Gasteiger partial charge in [-0.1, -0.05) is 23.2 Å². The van der Waals surface area contributed by atoms with E-state index in [9.17, 15) is 13.6 Å². The van der Waals surface area contributed by atoms with Gasteiger partial charge in [0, 0.05) is 46.7 Å². The highest BCUT2D eigenvalue weighted by Gasteiger charge is 2.25. The van der Waals surface area contributed by atoms with Crippen LogP contribution in [0.1, 0.15) is 15.9 Å². The zero-order valence-corrected chi connectivity index (χ0v) is 18.1. The number of carbonyl (C=O) groups is 1. The van der Waals surface area contributed by atoms with E-state index < -0.39 is 6.61 Å². The van der Waals surface area contributed by atoms with Gasteiger partial charge in [-0.15, -0.1) is 0 Å². The van der Waals surface area contributed by atoms with E-state index in [-0.39, 0.29) is 21.8 Å². The second kappa shape index (κ2) is 8.42. The van der Waals surface area contributed by atoms with E-state index in [0.717, 1.165) is 5.56 Å². The Morgan fingerprint density at radius 2 is 1.88 bits per heavy atom. The smallest absolute Gasteiger partial charge is 0.387 e. The summed E-state index contributed by atoms with van der Waals surface area (Å²) in [6.45, 7) is -2.68. The van der Waals surface area contributed by atoms with Gasteiger partial charge in [-0.05, 0) is 36.4 Å². The maximum atomic E-state index is 12.8. The Bertz CT molecular complexity index is 1390. The molecule has 0 unspecified atom stereocenters. The lowest BCUT2D eigenvalue weighted by Gasteiger charge is -2.10. The molecule has 0 saturated carbocycles. The Labute approximate surface area is 196 Å². The molecular formula is C22H13Cl2F2N5O2. The summed E-state index contributed by atoms with van der Waals surface area (Å²) in [4.78, 5) is 20.5. The normalized spacial score (nSPS) is 12.7. The number of ether oxygens (including phenoxy) is 1. The van der Waals surface area contributed by atoms with Gasteiger partial charge in [-0.3, -0.25) is 9.78 Å². The average Bonchev–Trinajstić information content (AvgIpc) is 3.37. The summed E-state index contributed by atoms with van der Waals surface area (Å²) >= 11 is 12.3. The maximum absolute atomic E-state index is 12.8. The van der Waals surface area contributed by atoms with Crippen molar-refractivity contribution in [1.82, 2.24) is 25.1 Å². The van der Waals surface area contributed by atoms with Crippen molar-refractivity contribution in [2.45, 2.75) is 13.2 Å². The molecule has 1 aliphatic heterocycles. The number of pyridine rings is 2. The Morgan fingerprint density at radius 3 is 2.67 bits per heavy atom. The fraction of sp³-hybridized carbons (Fsp3) is 0.0909. The van der Waals surface area contributed by atoms with Crippen molar-refractivity contribution >= 4 is 29.1 Å². The van der Waals surface area contributed by atoms with Gasteiger partial charge < -0.3 is 10.1 Å². The molecule has 4 heterocycles. The minimum absolute atomic E-state index is 0.0944. The van der Waals surface area contributed by atoms with Gasteiger partial charge in [0.15, 0.2) is 0 Å². The Kier molecular flexibility index (Phi) is 5.43. The number of nitrogens with zero attached hydrogens (tertiary/aromatic N) is 4. The van der Waals surface area contributed by atoms with Crippen LogP contribution < -0.4 is 10.1 Å². The Hall–Kier alpha value is -3.56. The number of amides is 1. The van der Waals surface area contributed by atoms with E-state index in [1.54, 1.807) is 35.0 Å². The van der Waals surface area contributed by atoms with Crippen molar-refractivity contribution in [3.63, 3.8) is 0 Å². The third-order valence-electron chi connectivity index (χ3n) is 5.03. The van der Waals surface area contributed by atoms with Crippen molar-refractivity contribution in [2.75, 3.05) is 0 Å². The Balaban J connectivity index is 1.71. The van der Waals surface area contributed by atoms with Crippen LogP contribution in [0.2, 0.25) is 10.2 Å². The molecule has 1 aliphatic rings. The summed E-state index contributed by atoms with van der Waals surface area (Å²) in [5.41, 5.74) is 3.82. The topological polar surface area (TPSA) is 81.9 Å². The van der Waals surface area contributed by atoms with Gasteiger partial charge in [0.1, 0.15) is 16.6 Å². The van der Waals surface area contributed by atoms with E-state index in [2.05, 4.69) is 25.1 Å². The van der Waals surface area contributed by atoms with E-state index in [0.29, 0.717) is 40.4 Å². The predicted molar refractivity (Wildman–Crippen MR) is 118 cm³/mol. The second-order valence-corrected chi connectivity index (χ2v) is 7.91. The maximum Gasteiger partial charge on any atom is 0.387 e. The molecule has 0 aliphatic carbocycles. The SMILES string of the molecule is O=C1NCc2c1ccnc2-c1cc(-c2cc(Cl)cc(OC(F)F)c2)n(-c2ccnc(Cl)c2)n1. The predicted octanol–water partition coefficient (Wildman–Crippen LogP) is 5.15. The molecular weight excluding hydrogens is 475 g/mol. The van der Waals surface area contributed by atoms with Crippen molar-refractivity contribution in [2.24, 2.45) is 0 Å². The summed E-state index contributed by atoms with van der Waals surface area (Å²) in [6, 6.07) is 11.0. The van der Waals surface area contributed by atoms with Crippen LogP contribution in [0.15, 0.2) is 54.9 Å². The highest BCUT2D eigenvalue weighted by atomic mass is 35.5. The molecule has 0 bridgehead atoms. The van der Waals surface area contributed by atoms with Crippen molar-refractivity contribution in [1.29, 1.82) is 0 Å². The lowest BCUT2D eigenvalue weighted by atomic mass is 10.1. The molecule has 0 radical (unpaired) electrons. The van der Waals surface area contributed by atoms with Crippen LogP contribution in [0.3, 0.4) is 0 Å². The standard InChI is InChI=1S/C22H13Cl2F2N5O2/c23-12-5-11(6-14(7-12)33-22(25)26)18-9-17(30-31(18)13-1-3-27-19(24)8-13)20-16-10-29-21(32)15(16)2-4-28-20/h1-9,22H,10H2,(H,29,32). The molecule has 0 spiro atoms. The summed E-state index contributed by atoms with van der Waals surface area (Å²) < 4.78 is 31.8. The molecule has 4 aromatic rings. The summed E-state index contributed by atoms with van der Waals surface area (Å²) in [5, 5.41) is 7.92. The minimum atomic E-state index is -3.00. The van der Waals surface area contributed by atoms with E-state index in [4.69, 9.17) is 23.2 Å². The van der Waals surface area contributed by atoms with Crippen LogP contribution in [-0.2, 0) is 6.54 Å². The third kappa shape index (κ3) is 4.12. The number of rotatable bonds is 5. The van der Waals surface area contributed by atoms with Gasteiger partial charge >= 0.3 is 6.61 Å². The molecule has 0 saturated heterocycles. The molecule has 1 aromatic carbocycles. The molecule has 7 nitrogen and oxygen atoms in total. The Morgan fingerprint density at radius 1 is 1.06 bits per heavy atom.